The van der Waals surface area contributed by atoms with Gasteiger partial charge in [-0.3, -0.25) is 4.79 Å². The lowest BCUT2D eigenvalue weighted by atomic mass is 10.1. The van der Waals surface area contributed by atoms with Gasteiger partial charge in [-0.05, 0) is 42.8 Å². The third-order valence-corrected chi connectivity index (χ3v) is 5.93. The van der Waals surface area contributed by atoms with Crippen LogP contribution in [0.3, 0.4) is 0 Å². The Labute approximate surface area is 189 Å². The van der Waals surface area contributed by atoms with Gasteiger partial charge in [-0.15, -0.1) is 11.3 Å². The highest BCUT2D eigenvalue weighted by atomic mass is 32.1. The maximum atomic E-state index is 12.7. The number of aromatic nitrogens is 2. The molecule has 0 fully saturated rings. The van der Waals surface area contributed by atoms with Crippen molar-refractivity contribution < 1.29 is 14.6 Å². The summed E-state index contributed by atoms with van der Waals surface area (Å²) in [6, 6.07) is 20.2. The van der Waals surface area contributed by atoms with Crippen molar-refractivity contribution in [3.05, 3.63) is 83.4 Å². The second kappa shape index (κ2) is 9.49. The van der Waals surface area contributed by atoms with Crippen molar-refractivity contribution in [1.82, 2.24) is 15.3 Å². The van der Waals surface area contributed by atoms with E-state index in [0.717, 1.165) is 10.4 Å². The standard InChI is InChI=1S/C24H22N4O3S/c1-15(16-6-4-3-5-7-16)26-23(30)22-11-10-21(32-22)18-12-13-25-24(28-18)27-17-8-9-20(31-2)19(29)14-17/h3-15,29H,1-2H3,(H,26,30)(H,25,27,28)/t15-/m1/s1. The highest BCUT2D eigenvalue weighted by molar-refractivity contribution is 7.17. The molecule has 0 saturated heterocycles. The van der Waals surface area contributed by atoms with Crippen molar-refractivity contribution >= 4 is 28.9 Å². The van der Waals surface area contributed by atoms with Crippen LogP contribution in [0.25, 0.3) is 10.6 Å². The summed E-state index contributed by atoms with van der Waals surface area (Å²) >= 11 is 1.37. The number of ether oxygens (including phenoxy) is 1. The fraction of sp³-hybridized carbons (Fsp3) is 0.125. The van der Waals surface area contributed by atoms with Crippen molar-refractivity contribution in [3.8, 4) is 22.1 Å². The van der Waals surface area contributed by atoms with Crippen LogP contribution in [0, 0.1) is 0 Å². The molecule has 32 heavy (non-hydrogen) atoms. The number of nitrogens with zero attached hydrogens (tertiary/aromatic N) is 2. The lowest BCUT2D eigenvalue weighted by Gasteiger charge is -2.13. The van der Waals surface area contributed by atoms with E-state index >= 15 is 0 Å². The van der Waals surface area contributed by atoms with Gasteiger partial charge in [-0.1, -0.05) is 30.3 Å². The van der Waals surface area contributed by atoms with Crippen LogP contribution >= 0.6 is 11.3 Å². The molecule has 1 amide bonds. The number of aromatic hydroxyl groups is 1. The molecular formula is C24H22N4O3S. The van der Waals surface area contributed by atoms with Crippen LogP contribution in [-0.4, -0.2) is 28.1 Å². The third-order valence-electron chi connectivity index (χ3n) is 4.82. The Hall–Kier alpha value is -3.91. The van der Waals surface area contributed by atoms with Gasteiger partial charge in [0, 0.05) is 18.0 Å². The van der Waals surface area contributed by atoms with E-state index in [0.29, 0.717) is 28.0 Å². The summed E-state index contributed by atoms with van der Waals surface area (Å²) in [6.45, 7) is 1.96. The minimum absolute atomic E-state index is 0.0206. The Morgan fingerprint density at radius 3 is 2.66 bits per heavy atom. The molecule has 8 heteroatoms. The molecule has 1 atom stereocenters. The van der Waals surface area contributed by atoms with Gasteiger partial charge in [0.2, 0.25) is 5.95 Å². The number of phenolic OH excluding ortho intramolecular Hbond substituents is 1. The number of thiophene rings is 1. The number of rotatable bonds is 7. The average molecular weight is 447 g/mol. The summed E-state index contributed by atoms with van der Waals surface area (Å²) < 4.78 is 5.06. The van der Waals surface area contributed by atoms with Crippen molar-refractivity contribution in [2.24, 2.45) is 0 Å². The smallest absolute Gasteiger partial charge is 0.261 e. The molecule has 0 saturated carbocycles. The molecule has 3 N–H and O–H groups in total. The van der Waals surface area contributed by atoms with E-state index in [1.54, 1.807) is 30.5 Å². The Bertz CT molecular complexity index is 1230. The first-order chi connectivity index (χ1) is 15.5. The van der Waals surface area contributed by atoms with E-state index in [2.05, 4.69) is 20.6 Å². The van der Waals surface area contributed by atoms with Gasteiger partial charge in [-0.2, -0.15) is 0 Å². The van der Waals surface area contributed by atoms with Crippen LogP contribution in [0.15, 0.2) is 72.9 Å². The monoisotopic (exact) mass is 446 g/mol. The molecule has 7 nitrogen and oxygen atoms in total. The summed E-state index contributed by atoms with van der Waals surface area (Å²) in [6.07, 6.45) is 1.64. The molecule has 0 aliphatic heterocycles. The molecule has 0 aliphatic carbocycles. The molecule has 4 rings (SSSR count). The molecule has 0 radical (unpaired) electrons. The molecule has 0 bridgehead atoms. The zero-order chi connectivity index (χ0) is 22.5. The second-order valence-corrected chi connectivity index (χ2v) is 8.13. The summed E-state index contributed by atoms with van der Waals surface area (Å²) in [5.74, 6) is 0.659. The number of anilines is 2. The van der Waals surface area contributed by atoms with Crippen molar-refractivity contribution in [2.75, 3.05) is 12.4 Å². The summed E-state index contributed by atoms with van der Waals surface area (Å²) in [5, 5.41) is 16.0. The lowest BCUT2D eigenvalue weighted by Crippen LogP contribution is -2.25. The number of nitrogens with one attached hydrogen (secondary N) is 2. The quantitative estimate of drug-likeness (QED) is 0.363. The van der Waals surface area contributed by atoms with Gasteiger partial charge in [0.05, 0.1) is 28.6 Å². The molecule has 4 aromatic rings. The first kappa shape index (κ1) is 21.3. The van der Waals surface area contributed by atoms with E-state index in [1.165, 1.54) is 24.5 Å². The van der Waals surface area contributed by atoms with Gasteiger partial charge in [0.1, 0.15) is 0 Å². The van der Waals surface area contributed by atoms with Crippen LogP contribution in [0.4, 0.5) is 11.6 Å². The Morgan fingerprint density at radius 2 is 1.91 bits per heavy atom. The minimum Gasteiger partial charge on any atom is -0.504 e. The number of carbonyl (C=O) groups is 1. The predicted octanol–water partition coefficient (Wildman–Crippen LogP) is 5.15. The van der Waals surface area contributed by atoms with Gasteiger partial charge in [0.15, 0.2) is 11.5 Å². The zero-order valence-electron chi connectivity index (χ0n) is 17.6. The highest BCUT2D eigenvalue weighted by Gasteiger charge is 2.15. The first-order valence-electron chi connectivity index (χ1n) is 9.96. The Balaban J connectivity index is 1.47. The Morgan fingerprint density at radius 1 is 1.09 bits per heavy atom. The number of amides is 1. The SMILES string of the molecule is COc1ccc(Nc2nccc(-c3ccc(C(=O)N[C@H](C)c4ccccc4)s3)n2)cc1O. The first-order valence-corrected chi connectivity index (χ1v) is 10.8. The molecular weight excluding hydrogens is 424 g/mol. The van der Waals surface area contributed by atoms with Gasteiger partial charge in [0.25, 0.3) is 5.91 Å². The van der Waals surface area contributed by atoms with Crippen LogP contribution in [0.5, 0.6) is 11.5 Å². The van der Waals surface area contributed by atoms with Crippen LogP contribution in [0.2, 0.25) is 0 Å². The third kappa shape index (κ3) is 4.87. The molecule has 0 aliphatic rings. The highest BCUT2D eigenvalue weighted by Crippen LogP contribution is 2.31. The van der Waals surface area contributed by atoms with Crippen LogP contribution < -0.4 is 15.4 Å². The van der Waals surface area contributed by atoms with E-state index in [-0.39, 0.29) is 17.7 Å². The van der Waals surface area contributed by atoms with Gasteiger partial charge >= 0.3 is 0 Å². The van der Waals surface area contributed by atoms with Crippen LogP contribution in [0.1, 0.15) is 28.2 Å². The van der Waals surface area contributed by atoms with E-state index in [9.17, 15) is 9.90 Å². The van der Waals surface area contributed by atoms with Gasteiger partial charge < -0.3 is 20.5 Å². The average Bonchev–Trinajstić information content (AvgIpc) is 3.31. The van der Waals surface area contributed by atoms with Crippen molar-refractivity contribution in [1.29, 1.82) is 0 Å². The number of carbonyl (C=O) groups excluding carboxylic acids is 1. The minimum atomic E-state index is -0.126. The fourth-order valence-corrected chi connectivity index (χ4v) is 4.02. The number of hydrogen-bond acceptors (Lipinski definition) is 7. The normalized spacial score (nSPS) is 11.6. The maximum absolute atomic E-state index is 12.7. The fourth-order valence-electron chi connectivity index (χ4n) is 3.14. The maximum Gasteiger partial charge on any atom is 0.261 e. The second-order valence-electron chi connectivity index (χ2n) is 7.05. The van der Waals surface area contributed by atoms with E-state index in [4.69, 9.17) is 4.74 Å². The molecule has 0 spiro atoms. The van der Waals surface area contributed by atoms with E-state index < -0.39 is 0 Å². The summed E-state index contributed by atoms with van der Waals surface area (Å²) in [5.41, 5.74) is 2.37. The number of phenols is 1. The number of methoxy groups -OCH3 is 1. The van der Waals surface area contributed by atoms with Crippen molar-refractivity contribution in [2.45, 2.75) is 13.0 Å². The zero-order valence-corrected chi connectivity index (χ0v) is 18.4. The Kier molecular flexibility index (Phi) is 6.32. The van der Waals surface area contributed by atoms with Gasteiger partial charge in [-0.25, -0.2) is 9.97 Å². The lowest BCUT2D eigenvalue weighted by molar-refractivity contribution is 0.0944. The predicted molar refractivity (Wildman–Crippen MR) is 126 cm³/mol. The number of benzene rings is 2. The molecule has 2 heterocycles. The van der Waals surface area contributed by atoms with E-state index in [1.807, 2.05) is 43.3 Å². The molecule has 2 aromatic heterocycles. The molecule has 162 valence electrons. The number of hydrogen-bond donors (Lipinski definition) is 3. The topological polar surface area (TPSA) is 96.4 Å². The molecule has 0 unspecified atom stereocenters. The molecule has 2 aromatic carbocycles. The summed E-state index contributed by atoms with van der Waals surface area (Å²) in [7, 11) is 1.49. The van der Waals surface area contributed by atoms with Crippen molar-refractivity contribution in [3.63, 3.8) is 0 Å². The largest absolute Gasteiger partial charge is 0.504 e. The van der Waals surface area contributed by atoms with Crippen LogP contribution in [-0.2, 0) is 0 Å². The summed E-state index contributed by atoms with van der Waals surface area (Å²) in [4.78, 5) is 22.9.